The molecule has 0 saturated carbocycles. The van der Waals surface area contributed by atoms with Crippen LogP contribution in [0.4, 0.5) is 5.69 Å². The summed E-state index contributed by atoms with van der Waals surface area (Å²) in [5.74, 6) is -0.623. The van der Waals surface area contributed by atoms with Crippen LogP contribution in [0, 0.1) is 0 Å². The summed E-state index contributed by atoms with van der Waals surface area (Å²) in [6, 6.07) is 3.71. The maximum atomic E-state index is 11.8. The van der Waals surface area contributed by atoms with Crippen molar-refractivity contribution in [3.8, 4) is 5.75 Å². The van der Waals surface area contributed by atoms with Crippen LogP contribution < -0.4 is 5.32 Å². The highest BCUT2D eigenvalue weighted by Crippen LogP contribution is 2.27. The fourth-order valence-corrected chi connectivity index (χ4v) is 2.48. The van der Waals surface area contributed by atoms with Gasteiger partial charge in [-0.25, -0.2) is 8.42 Å². The number of benzene rings is 1. The molecular formula is C11H13N5O4S. The third kappa shape index (κ3) is 3.54. The van der Waals surface area contributed by atoms with Crippen molar-refractivity contribution in [2.24, 2.45) is 0 Å². The Morgan fingerprint density at radius 3 is 2.81 bits per heavy atom. The monoisotopic (exact) mass is 311 g/mol. The molecule has 0 atom stereocenters. The van der Waals surface area contributed by atoms with Gasteiger partial charge in [-0.1, -0.05) is 12.1 Å². The molecule has 0 spiro atoms. The third-order valence-corrected chi connectivity index (χ3v) is 4.42. The van der Waals surface area contributed by atoms with Gasteiger partial charge >= 0.3 is 0 Å². The third-order valence-electron chi connectivity index (χ3n) is 2.69. The summed E-state index contributed by atoms with van der Waals surface area (Å²) in [5.41, 5.74) is 0.0121. The zero-order valence-electron chi connectivity index (χ0n) is 11.1. The standard InChI is InChI=1S/C11H13N5O4S/c1-2-21(19,20)7-3-4-9(17)8(5-7)12-11(18)6-10-13-15-16-14-10/h3-5,17H,2,6H2,1H3,(H,12,18)(H,13,14,15,16). The second-order valence-corrected chi connectivity index (χ2v) is 6.41. The van der Waals surface area contributed by atoms with Gasteiger partial charge in [0.25, 0.3) is 0 Å². The topological polar surface area (TPSA) is 138 Å². The Kier molecular flexibility index (Phi) is 4.17. The number of sulfone groups is 1. The van der Waals surface area contributed by atoms with Crippen molar-refractivity contribution in [2.45, 2.75) is 18.2 Å². The molecule has 0 fully saturated rings. The summed E-state index contributed by atoms with van der Waals surface area (Å²) >= 11 is 0. The maximum absolute atomic E-state index is 11.8. The molecule has 0 unspecified atom stereocenters. The molecule has 1 heterocycles. The van der Waals surface area contributed by atoms with Crippen LogP contribution in [0.1, 0.15) is 12.7 Å². The number of rotatable bonds is 5. The van der Waals surface area contributed by atoms with Crippen molar-refractivity contribution < 1.29 is 18.3 Å². The highest BCUT2D eigenvalue weighted by Gasteiger charge is 2.16. The number of aromatic hydroxyl groups is 1. The molecule has 2 aromatic rings. The molecule has 1 aromatic carbocycles. The number of aromatic nitrogens is 4. The molecule has 10 heteroatoms. The predicted molar refractivity (Wildman–Crippen MR) is 72.3 cm³/mol. The fraction of sp³-hybridized carbons (Fsp3) is 0.273. The average molecular weight is 311 g/mol. The number of phenols is 1. The van der Waals surface area contributed by atoms with Crippen molar-refractivity contribution in [2.75, 3.05) is 11.1 Å². The van der Waals surface area contributed by atoms with Crippen LogP contribution in [-0.4, -0.2) is 45.8 Å². The van der Waals surface area contributed by atoms with E-state index in [1.807, 2.05) is 0 Å². The normalized spacial score (nSPS) is 11.3. The molecule has 112 valence electrons. The largest absolute Gasteiger partial charge is 0.506 e. The Hall–Kier alpha value is -2.49. The molecule has 0 aliphatic carbocycles. The Morgan fingerprint density at radius 1 is 1.43 bits per heavy atom. The molecule has 2 rings (SSSR count). The first kappa shape index (κ1) is 14.9. The van der Waals surface area contributed by atoms with Gasteiger partial charge in [-0.3, -0.25) is 4.79 Å². The number of nitrogens with zero attached hydrogens (tertiary/aromatic N) is 3. The van der Waals surface area contributed by atoms with Crippen molar-refractivity contribution in [3.05, 3.63) is 24.0 Å². The van der Waals surface area contributed by atoms with Crippen molar-refractivity contribution in [1.29, 1.82) is 0 Å². The molecule has 1 aromatic heterocycles. The molecule has 0 aliphatic heterocycles. The van der Waals surface area contributed by atoms with Gasteiger partial charge < -0.3 is 10.4 Å². The van der Waals surface area contributed by atoms with E-state index < -0.39 is 15.7 Å². The number of carbonyl (C=O) groups is 1. The molecule has 0 aliphatic rings. The maximum Gasteiger partial charge on any atom is 0.232 e. The second kappa shape index (κ2) is 5.87. The van der Waals surface area contributed by atoms with Gasteiger partial charge in [0.15, 0.2) is 15.7 Å². The van der Waals surface area contributed by atoms with E-state index in [0.29, 0.717) is 0 Å². The van der Waals surface area contributed by atoms with Crippen LogP contribution in [0.5, 0.6) is 5.75 Å². The lowest BCUT2D eigenvalue weighted by molar-refractivity contribution is -0.115. The van der Waals surface area contributed by atoms with Gasteiger partial charge in [0.05, 0.1) is 22.8 Å². The number of tetrazole rings is 1. The molecule has 1 amide bonds. The van der Waals surface area contributed by atoms with Crippen LogP contribution in [0.3, 0.4) is 0 Å². The van der Waals surface area contributed by atoms with Gasteiger partial charge in [0.2, 0.25) is 5.91 Å². The highest BCUT2D eigenvalue weighted by atomic mass is 32.2. The molecule has 0 saturated heterocycles. The van der Waals surface area contributed by atoms with Crippen LogP contribution in [0.2, 0.25) is 0 Å². The number of hydrogen-bond donors (Lipinski definition) is 3. The van der Waals surface area contributed by atoms with E-state index in [1.54, 1.807) is 0 Å². The lowest BCUT2D eigenvalue weighted by Gasteiger charge is -2.09. The first-order valence-electron chi connectivity index (χ1n) is 6.00. The first-order valence-corrected chi connectivity index (χ1v) is 7.65. The highest BCUT2D eigenvalue weighted by molar-refractivity contribution is 7.91. The van der Waals surface area contributed by atoms with E-state index >= 15 is 0 Å². The molecule has 3 N–H and O–H groups in total. The zero-order chi connectivity index (χ0) is 15.5. The lowest BCUT2D eigenvalue weighted by atomic mass is 10.2. The lowest BCUT2D eigenvalue weighted by Crippen LogP contribution is -2.16. The molecule has 0 bridgehead atoms. The molecule has 21 heavy (non-hydrogen) atoms. The van der Waals surface area contributed by atoms with E-state index in [9.17, 15) is 18.3 Å². The summed E-state index contributed by atoms with van der Waals surface area (Å²) in [6.07, 6.45) is -0.152. The van der Waals surface area contributed by atoms with Gasteiger partial charge in [0, 0.05) is 0 Å². The van der Waals surface area contributed by atoms with Gasteiger partial charge in [-0.2, -0.15) is 5.21 Å². The fourth-order valence-electron chi connectivity index (χ4n) is 1.57. The van der Waals surface area contributed by atoms with Crippen LogP contribution in [0.25, 0.3) is 0 Å². The second-order valence-electron chi connectivity index (χ2n) is 4.14. The number of carbonyl (C=O) groups excluding carboxylic acids is 1. The van der Waals surface area contributed by atoms with Gasteiger partial charge in [-0.15, -0.1) is 10.2 Å². The number of H-pyrrole nitrogens is 1. The average Bonchev–Trinajstić information content (AvgIpc) is 2.93. The Morgan fingerprint density at radius 2 is 2.19 bits per heavy atom. The number of anilines is 1. The van der Waals surface area contributed by atoms with Gasteiger partial charge in [-0.05, 0) is 18.2 Å². The number of aromatic amines is 1. The molecular weight excluding hydrogens is 298 g/mol. The summed E-state index contributed by atoms with van der Waals surface area (Å²) in [6.45, 7) is 1.51. The SMILES string of the molecule is CCS(=O)(=O)c1ccc(O)c(NC(=O)Cc2nn[nH]n2)c1. The predicted octanol–water partition coefficient (Wildman–Crippen LogP) is -0.120. The first-order chi connectivity index (χ1) is 9.92. The van der Waals surface area contributed by atoms with E-state index in [4.69, 9.17) is 0 Å². The van der Waals surface area contributed by atoms with E-state index in [0.717, 1.165) is 0 Å². The summed E-state index contributed by atoms with van der Waals surface area (Å²) in [7, 11) is -3.43. The van der Waals surface area contributed by atoms with Crippen LogP contribution in [0.15, 0.2) is 23.1 Å². The number of nitrogens with one attached hydrogen (secondary N) is 2. The van der Waals surface area contributed by atoms with Crippen molar-refractivity contribution >= 4 is 21.4 Å². The summed E-state index contributed by atoms with van der Waals surface area (Å²) in [5, 5.41) is 24.9. The Bertz CT molecular complexity index is 742. The number of hydrogen-bond acceptors (Lipinski definition) is 7. The van der Waals surface area contributed by atoms with Crippen molar-refractivity contribution in [1.82, 2.24) is 20.6 Å². The Balaban J connectivity index is 2.19. The van der Waals surface area contributed by atoms with Gasteiger partial charge in [0.1, 0.15) is 5.75 Å². The minimum absolute atomic E-state index is 0.0121. The van der Waals surface area contributed by atoms with Crippen molar-refractivity contribution in [3.63, 3.8) is 0 Å². The number of amides is 1. The Labute approximate surface area is 120 Å². The smallest absolute Gasteiger partial charge is 0.232 e. The molecule has 9 nitrogen and oxygen atoms in total. The molecule has 0 radical (unpaired) electrons. The minimum Gasteiger partial charge on any atom is -0.506 e. The minimum atomic E-state index is -3.43. The summed E-state index contributed by atoms with van der Waals surface area (Å²) < 4.78 is 23.6. The quantitative estimate of drug-likeness (QED) is 0.654. The van der Waals surface area contributed by atoms with E-state index in [2.05, 4.69) is 25.9 Å². The van der Waals surface area contributed by atoms with Crippen LogP contribution in [-0.2, 0) is 21.1 Å². The number of phenolic OH excluding ortho intramolecular Hbond substituents is 1. The van der Waals surface area contributed by atoms with Crippen LogP contribution >= 0.6 is 0 Å². The van der Waals surface area contributed by atoms with E-state index in [-0.39, 0.29) is 34.3 Å². The van der Waals surface area contributed by atoms with E-state index in [1.165, 1.54) is 25.1 Å². The zero-order valence-corrected chi connectivity index (χ0v) is 11.9. The summed E-state index contributed by atoms with van der Waals surface area (Å²) in [4.78, 5) is 11.8.